The van der Waals surface area contributed by atoms with Crippen LogP contribution in [0.3, 0.4) is 0 Å². The molecule has 33 heavy (non-hydrogen) atoms. The van der Waals surface area contributed by atoms with Crippen molar-refractivity contribution in [2.24, 2.45) is 5.92 Å². The van der Waals surface area contributed by atoms with Crippen LogP contribution in [0.25, 0.3) is 11.1 Å². The third-order valence-corrected chi connectivity index (χ3v) is 5.73. The summed E-state index contributed by atoms with van der Waals surface area (Å²) in [5.74, 6) is -0.749. The van der Waals surface area contributed by atoms with Gasteiger partial charge in [0, 0.05) is 43.9 Å². The van der Waals surface area contributed by atoms with Crippen molar-refractivity contribution >= 4 is 11.7 Å². The second kappa shape index (κ2) is 11.0. The second-order valence-electron chi connectivity index (χ2n) is 8.96. The fourth-order valence-electron chi connectivity index (χ4n) is 4.04. The monoisotopic (exact) mass is 459 g/mol. The smallest absolute Gasteiger partial charge is 0.329 e. The van der Waals surface area contributed by atoms with Gasteiger partial charge in [-0.1, -0.05) is 19.9 Å². The third-order valence-electron chi connectivity index (χ3n) is 5.73. The molecule has 1 heterocycles. The van der Waals surface area contributed by atoms with Crippen LogP contribution in [0.1, 0.15) is 44.7 Å². The van der Waals surface area contributed by atoms with Crippen molar-refractivity contribution in [1.82, 2.24) is 0 Å². The maximum absolute atomic E-state index is 15.3. The van der Waals surface area contributed by atoms with Gasteiger partial charge < -0.3 is 24.6 Å². The summed E-state index contributed by atoms with van der Waals surface area (Å²) in [6, 6.07) is 8.96. The molecule has 1 saturated heterocycles. The molecule has 0 aromatic heterocycles. The lowest BCUT2D eigenvalue weighted by atomic mass is 9.89. The molecule has 3 rings (SSSR count). The van der Waals surface area contributed by atoms with E-state index in [0.29, 0.717) is 62.0 Å². The van der Waals surface area contributed by atoms with Crippen LogP contribution in [-0.2, 0) is 20.9 Å². The number of aryl methyl sites for hydroxylation is 1. The fourth-order valence-corrected chi connectivity index (χ4v) is 4.04. The number of nitrogens with one attached hydrogen (secondary N) is 1. The first-order valence-electron chi connectivity index (χ1n) is 11.5. The minimum absolute atomic E-state index is 0.218. The van der Waals surface area contributed by atoms with Gasteiger partial charge in [-0.25, -0.2) is 9.18 Å². The Balaban J connectivity index is 2.01. The molecular formula is C26H34FNO5. The fraction of sp³-hybridized carbons (Fsp3) is 0.500. The van der Waals surface area contributed by atoms with Gasteiger partial charge in [0.1, 0.15) is 5.54 Å². The van der Waals surface area contributed by atoms with Gasteiger partial charge in [-0.05, 0) is 60.7 Å². The van der Waals surface area contributed by atoms with Gasteiger partial charge >= 0.3 is 5.97 Å². The highest BCUT2D eigenvalue weighted by Crippen LogP contribution is 2.36. The first kappa shape index (κ1) is 25.0. The minimum atomic E-state index is -1.09. The first-order valence-corrected chi connectivity index (χ1v) is 11.5. The van der Waals surface area contributed by atoms with E-state index < -0.39 is 17.3 Å². The number of benzene rings is 2. The summed E-state index contributed by atoms with van der Waals surface area (Å²) in [5, 5.41) is 13.1. The van der Waals surface area contributed by atoms with Crippen molar-refractivity contribution in [3.8, 4) is 16.9 Å². The van der Waals surface area contributed by atoms with Crippen LogP contribution in [0.15, 0.2) is 30.3 Å². The Morgan fingerprint density at radius 3 is 2.58 bits per heavy atom. The Bertz CT molecular complexity index is 969. The molecule has 0 amide bonds. The van der Waals surface area contributed by atoms with E-state index >= 15 is 4.39 Å². The minimum Gasteiger partial charge on any atom is -0.491 e. The zero-order chi connectivity index (χ0) is 24.0. The zero-order valence-electron chi connectivity index (χ0n) is 19.9. The maximum atomic E-state index is 15.3. The lowest BCUT2D eigenvalue weighted by Crippen LogP contribution is -2.50. The van der Waals surface area contributed by atoms with Gasteiger partial charge in [-0.2, -0.15) is 0 Å². The highest BCUT2D eigenvalue weighted by molar-refractivity contribution is 5.83. The molecular weight excluding hydrogens is 425 g/mol. The highest BCUT2D eigenvalue weighted by Gasteiger charge is 2.40. The van der Waals surface area contributed by atoms with Crippen LogP contribution in [0, 0.1) is 18.7 Å². The van der Waals surface area contributed by atoms with E-state index in [1.54, 1.807) is 18.2 Å². The van der Waals surface area contributed by atoms with Gasteiger partial charge in [0.15, 0.2) is 11.6 Å². The summed E-state index contributed by atoms with van der Waals surface area (Å²) < 4.78 is 32.1. The van der Waals surface area contributed by atoms with E-state index in [0.717, 1.165) is 11.1 Å². The van der Waals surface area contributed by atoms with Gasteiger partial charge in [0.25, 0.3) is 0 Å². The summed E-state index contributed by atoms with van der Waals surface area (Å²) in [5.41, 5.74) is 2.37. The number of anilines is 1. The maximum Gasteiger partial charge on any atom is 0.329 e. The molecule has 7 heteroatoms. The second-order valence-corrected chi connectivity index (χ2v) is 8.96. The van der Waals surface area contributed by atoms with Crippen molar-refractivity contribution in [2.45, 2.75) is 52.7 Å². The molecule has 2 aromatic carbocycles. The first-order chi connectivity index (χ1) is 15.8. The predicted octanol–water partition coefficient (Wildman–Crippen LogP) is 5.42. The Morgan fingerprint density at radius 2 is 1.94 bits per heavy atom. The molecule has 2 aromatic rings. The van der Waals surface area contributed by atoms with Gasteiger partial charge in [0.2, 0.25) is 0 Å². The number of hydrogen-bond donors (Lipinski definition) is 2. The number of ether oxygens (including phenoxy) is 3. The molecule has 2 N–H and O–H groups in total. The number of rotatable bonds is 10. The molecule has 1 fully saturated rings. The number of hydrogen-bond acceptors (Lipinski definition) is 5. The Kier molecular flexibility index (Phi) is 8.32. The third kappa shape index (κ3) is 6.03. The normalized spacial score (nSPS) is 15.5. The Labute approximate surface area is 195 Å². The van der Waals surface area contributed by atoms with Gasteiger partial charge in [-0.3, -0.25) is 0 Å². The summed E-state index contributed by atoms with van der Waals surface area (Å²) in [4.78, 5) is 12.1. The highest BCUT2D eigenvalue weighted by atomic mass is 19.1. The van der Waals surface area contributed by atoms with Crippen molar-refractivity contribution < 1.29 is 28.5 Å². The van der Waals surface area contributed by atoms with Crippen LogP contribution in [-0.4, -0.2) is 43.0 Å². The number of halogens is 1. The molecule has 0 unspecified atom stereocenters. The molecule has 0 saturated carbocycles. The molecule has 0 aliphatic carbocycles. The summed E-state index contributed by atoms with van der Waals surface area (Å²) >= 11 is 0. The van der Waals surface area contributed by atoms with E-state index in [4.69, 9.17) is 14.2 Å². The summed E-state index contributed by atoms with van der Waals surface area (Å²) in [6.45, 7) is 9.84. The summed E-state index contributed by atoms with van der Waals surface area (Å²) in [6.07, 6.45) is 0.737. The van der Waals surface area contributed by atoms with E-state index in [1.165, 1.54) is 0 Å². The average molecular weight is 460 g/mol. The Hall–Kier alpha value is -2.64. The molecule has 0 atom stereocenters. The van der Waals surface area contributed by atoms with Crippen LogP contribution in [0.4, 0.5) is 10.1 Å². The topological polar surface area (TPSA) is 77.0 Å². The molecule has 1 aliphatic rings. The van der Waals surface area contributed by atoms with E-state index in [-0.39, 0.29) is 12.4 Å². The number of carboxylic acids is 1. The van der Waals surface area contributed by atoms with Crippen LogP contribution < -0.4 is 10.1 Å². The average Bonchev–Trinajstić information content (AvgIpc) is 2.77. The quantitative estimate of drug-likeness (QED) is 0.494. The van der Waals surface area contributed by atoms with Gasteiger partial charge in [-0.15, -0.1) is 0 Å². The predicted molar refractivity (Wildman–Crippen MR) is 126 cm³/mol. The van der Waals surface area contributed by atoms with Crippen LogP contribution in [0.2, 0.25) is 0 Å². The Morgan fingerprint density at radius 1 is 1.21 bits per heavy atom. The lowest BCUT2D eigenvalue weighted by molar-refractivity contribution is -0.145. The van der Waals surface area contributed by atoms with Gasteiger partial charge in [0.05, 0.1) is 13.2 Å². The largest absolute Gasteiger partial charge is 0.491 e. The van der Waals surface area contributed by atoms with Crippen molar-refractivity contribution in [2.75, 3.05) is 31.7 Å². The molecule has 1 aliphatic heterocycles. The summed E-state index contributed by atoms with van der Waals surface area (Å²) in [7, 11) is 0. The molecule has 0 radical (unpaired) electrons. The van der Waals surface area contributed by atoms with Crippen molar-refractivity contribution in [1.29, 1.82) is 0 Å². The van der Waals surface area contributed by atoms with E-state index in [2.05, 4.69) is 19.2 Å². The number of carboxylic acid groups (broad SMARTS) is 1. The van der Waals surface area contributed by atoms with Crippen molar-refractivity contribution in [3.63, 3.8) is 0 Å². The van der Waals surface area contributed by atoms with Crippen molar-refractivity contribution in [3.05, 3.63) is 47.3 Å². The zero-order valence-corrected chi connectivity index (χ0v) is 19.9. The molecule has 180 valence electrons. The molecule has 6 nitrogen and oxygen atoms in total. The SMILES string of the molecule is CCOc1cc(C)cc(-c2ccc(NC3(C(=O)O)CCOCC3)cc2COCC(C)C)c1F. The van der Waals surface area contributed by atoms with Crippen LogP contribution in [0.5, 0.6) is 5.75 Å². The lowest BCUT2D eigenvalue weighted by Gasteiger charge is -2.35. The number of aliphatic carboxylic acids is 1. The molecule has 0 spiro atoms. The van der Waals surface area contributed by atoms with Crippen LogP contribution >= 0.6 is 0 Å². The molecule has 0 bridgehead atoms. The van der Waals surface area contributed by atoms with E-state index in [9.17, 15) is 9.90 Å². The number of carbonyl (C=O) groups is 1. The van der Waals surface area contributed by atoms with E-state index in [1.807, 2.05) is 26.0 Å². The standard InChI is InChI=1S/C26H34FNO5/c1-5-33-23-13-18(4)12-22(24(23)27)21-7-6-20(14-19(21)16-32-15-17(2)3)28-26(25(29)30)8-10-31-11-9-26/h6-7,12-14,17,28H,5,8-11,15-16H2,1-4H3,(H,29,30).